The first-order valence-electron chi connectivity index (χ1n) is 14.2. The van der Waals surface area contributed by atoms with Crippen molar-refractivity contribution in [2.24, 2.45) is 5.92 Å². The molecule has 2 aliphatic carbocycles. The highest BCUT2D eigenvalue weighted by Gasteiger charge is 2.49. The summed E-state index contributed by atoms with van der Waals surface area (Å²) in [4.78, 5) is 17.4. The Labute approximate surface area is 225 Å². The van der Waals surface area contributed by atoms with Gasteiger partial charge in [0.2, 0.25) is 12.3 Å². The maximum Gasteiger partial charge on any atom is 0.237 e. The Hall–Kier alpha value is -1.18. The zero-order chi connectivity index (χ0) is 27.2. The highest BCUT2D eigenvalue weighted by molar-refractivity contribution is 5.82. The Morgan fingerprint density at radius 2 is 1.82 bits per heavy atom. The van der Waals surface area contributed by atoms with E-state index in [9.17, 15) is 19.4 Å². The fourth-order valence-corrected chi connectivity index (χ4v) is 7.02. The Morgan fingerprint density at radius 3 is 2.45 bits per heavy atom. The SMILES string of the molecule is COC(O)NCC(O)N1CCC[C@H]1C(=O)NC1CCC([C@H]2[C@@H](OC)[C@H](OC)CN2C2C=CC(F)CC2)CC1. The average molecular weight is 543 g/mol. The molecule has 10 nitrogen and oxygen atoms in total. The van der Waals surface area contributed by atoms with Crippen LogP contribution in [0.25, 0.3) is 0 Å². The van der Waals surface area contributed by atoms with E-state index in [0.29, 0.717) is 25.3 Å². The van der Waals surface area contributed by atoms with E-state index in [0.717, 1.165) is 45.1 Å². The highest BCUT2D eigenvalue weighted by atomic mass is 19.1. The van der Waals surface area contributed by atoms with Crippen molar-refractivity contribution in [3.8, 4) is 0 Å². The number of alkyl halides is 1. The topological polar surface area (TPSA) is 116 Å². The molecule has 0 bridgehead atoms. The largest absolute Gasteiger partial charge is 0.377 e. The van der Waals surface area contributed by atoms with Crippen LogP contribution in [-0.4, -0.2) is 122 Å². The summed E-state index contributed by atoms with van der Waals surface area (Å²) >= 11 is 0. The van der Waals surface area contributed by atoms with Gasteiger partial charge in [0.15, 0.2) is 0 Å². The quantitative estimate of drug-likeness (QED) is 0.222. The van der Waals surface area contributed by atoms with Crippen molar-refractivity contribution in [2.75, 3.05) is 41.0 Å². The van der Waals surface area contributed by atoms with Crippen molar-refractivity contribution in [1.29, 1.82) is 0 Å². The van der Waals surface area contributed by atoms with Crippen LogP contribution < -0.4 is 10.6 Å². The second kappa shape index (κ2) is 13.9. The van der Waals surface area contributed by atoms with Gasteiger partial charge in [-0.3, -0.25) is 19.9 Å². The number of carbonyl (C=O) groups is 1. The van der Waals surface area contributed by atoms with Crippen LogP contribution in [0.2, 0.25) is 0 Å². The number of nitrogens with one attached hydrogen (secondary N) is 2. The molecule has 1 saturated carbocycles. The fraction of sp³-hybridized carbons (Fsp3) is 0.889. The average Bonchev–Trinajstić information content (AvgIpc) is 3.57. The molecule has 0 aromatic carbocycles. The molecule has 11 heteroatoms. The van der Waals surface area contributed by atoms with Crippen LogP contribution in [0, 0.1) is 5.92 Å². The van der Waals surface area contributed by atoms with E-state index in [4.69, 9.17) is 14.2 Å². The molecule has 2 aliphatic heterocycles. The molecule has 3 fully saturated rings. The molecular weight excluding hydrogens is 495 g/mol. The molecule has 218 valence electrons. The summed E-state index contributed by atoms with van der Waals surface area (Å²) in [6, 6.07) is 0.110. The molecule has 0 aromatic rings. The molecule has 4 aliphatic rings. The number of hydrogen-bond donors (Lipinski definition) is 4. The zero-order valence-electron chi connectivity index (χ0n) is 23.0. The summed E-state index contributed by atoms with van der Waals surface area (Å²) in [7, 11) is 4.85. The Balaban J connectivity index is 1.32. The second-order valence-electron chi connectivity index (χ2n) is 11.2. The Kier molecular flexibility index (Phi) is 10.9. The summed E-state index contributed by atoms with van der Waals surface area (Å²) < 4.78 is 30.3. The normalized spacial score (nSPS) is 38.4. The first kappa shape index (κ1) is 29.8. The molecule has 8 atom stereocenters. The van der Waals surface area contributed by atoms with E-state index in [1.165, 1.54) is 7.11 Å². The van der Waals surface area contributed by atoms with Crippen molar-refractivity contribution in [1.82, 2.24) is 20.4 Å². The monoisotopic (exact) mass is 542 g/mol. The minimum atomic E-state index is -1.16. The Morgan fingerprint density at radius 1 is 1.05 bits per heavy atom. The third-order valence-corrected chi connectivity index (χ3v) is 9.04. The Bertz CT molecular complexity index is 785. The lowest BCUT2D eigenvalue weighted by atomic mass is 9.79. The van der Waals surface area contributed by atoms with Gasteiger partial charge in [-0.05, 0) is 57.3 Å². The van der Waals surface area contributed by atoms with Crippen LogP contribution >= 0.6 is 0 Å². The number of ether oxygens (including phenoxy) is 3. The first-order valence-corrected chi connectivity index (χ1v) is 14.2. The van der Waals surface area contributed by atoms with Gasteiger partial charge in [-0.25, -0.2) is 4.39 Å². The maximum absolute atomic E-state index is 13.8. The predicted octanol–water partition coefficient (Wildman–Crippen LogP) is 0.727. The van der Waals surface area contributed by atoms with Crippen LogP contribution in [0.1, 0.15) is 51.4 Å². The number of aliphatic hydroxyl groups is 2. The van der Waals surface area contributed by atoms with E-state index in [1.807, 2.05) is 6.08 Å². The van der Waals surface area contributed by atoms with Gasteiger partial charge in [-0.1, -0.05) is 12.2 Å². The van der Waals surface area contributed by atoms with Crippen molar-refractivity contribution >= 4 is 5.91 Å². The fourth-order valence-electron chi connectivity index (χ4n) is 7.02. The lowest BCUT2D eigenvalue weighted by Crippen LogP contribution is -2.54. The molecular formula is C27H47FN4O6. The molecule has 0 radical (unpaired) electrons. The van der Waals surface area contributed by atoms with Gasteiger partial charge in [0, 0.05) is 59.1 Å². The maximum atomic E-state index is 13.8. The standard InChI is InChI=1S/C27H47FN4O6/c1-36-22-16-32(20-12-8-18(28)9-13-20)24(25(22)37-2)17-6-10-19(11-7-17)30-26(34)21-5-4-14-31(21)23(33)15-29-27(35)38-3/h8,12,17-25,27,29,33,35H,4-7,9-11,13-16H2,1-3H3,(H,30,34)/t17?,18?,19?,20?,21-,22+,23?,24-,25-,27?/m0/s1. The number of hydrogen-bond acceptors (Lipinski definition) is 9. The van der Waals surface area contributed by atoms with E-state index < -0.39 is 18.8 Å². The second-order valence-corrected chi connectivity index (χ2v) is 11.2. The number of methoxy groups -OCH3 is 3. The molecule has 2 heterocycles. The van der Waals surface area contributed by atoms with Gasteiger partial charge in [-0.15, -0.1) is 0 Å². The number of halogens is 1. The van der Waals surface area contributed by atoms with Crippen LogP contribution in [0.5, 0.6) is 0 Å². The van der Waals surface area contributed by atoms with Crippen molar-refractivity contribution in [3.05, 3.63) is 12.2 Å². The summed E-state index contributed by atoms with van der Waals surface area (Å²) in [6.07, 6.45) is 7.37. The van der Waals surface area contributed by atoms with E-state index in [1.54, 1.807) is 25.2 Å². The van der Waals surface area contributed by atoms with Gasteiger partial charge in [-0.2, -0.15) is 0 Å². The van der Waals surface area contributed by atoms with Gasteiger partial charge in [0.25, 0.3) is 0 Å². The molecule has 4 rings (SSSR count). The van der Waals surface area contributed by atoms with Crippen molar-refractivity contribution < 1.29 is 33.6 Å². The summed E-state index contributed by atoms with van der Waals surface area (Å²) in [5.74, 6) is 0.370. The van der Waals surface area contributed by atoms with Gasteiger partial charge >= 0.3 is 0 Å². The number of aliphatic hydroxyl groups excluding tert-OH is 2. The minimum absolute atomic E-state index is 0.0156. The molecule has 2 saturated heterocycles. The number of rotatable bonds is 11. The van der Waals surface area contributed by atoms with E-state index in [2.05, 4.69) is 15.5 Å². The summed E-state index contributed by atoms with van der Waals surface area (Å²) in [5, 5.41) is 26.0. The van der Waals surface area contributed by atoms with E-state index in [-0.39, 0.29) is 48.8 Å². The van der Waals surface area contributed by atoms with Gasteiger partial charge < -0.3 is 29.7 Å². The highest BCUT2D eigenvalue weighted by Crippen LogP contribution is 2.39. The minimum Gasteiger partial charge on any atom is -0.377 e. The van der Waals surface area contributed by atoms with Crippen molar-refractivity contribution in [3.63, 3.8) is 0 Å². The van der Waals surface area contributed by atoms with Gasteiger partial charge in [0.1, 0.15) is 18.5 Å². The third-order valence-electron chi connectivity index (χ3n) is 9.04. The summed E-state index contributed by atoms with van der Waals surface area (Å²) in [5.41, 5.74) is 0. The zero-order valence-corrected chi connectivity index (χ0v) is 23.0. The van der Waals surface area contributed by atoms with Crippen molar-refractivity contribution in [2.45, 2.75) is 107 Å². The number of carbonyl (C=O) groups excluding carboxylic acids is 1. The van der Waals surface area contributed by atoms with E-state index >= 15 is 0 Å². The molecule has 0 spiro atoms. The van der Waals surface area contributed by atoms with Gasteiger partial charge in [0.05, 0.1) is 12.1 Å². The molecule has 4 N–H and O–H groups in total. The number of nitrogens with zero attached hydrogens (tertiary/aromatic N) is 2. The number of allylic oxidation sites excluding steroid dienone is 1. The smallest absolute Gasteiger partial charge is 0.237 e. The van der Waals surface area contributed by atoms with Crippen LogP contribution in [0.15, 0.2) is 12.2 Å². The lowest BCUT2D eigenvalue weighted by molar-refractivity contribution is -0.132. The number of likely N-dealkylation sites (tertiary alicyclic amines) is 2. The molecule has 0 aromatic heterocycles. The summed E-state index contributed by atoms with van der Waals surface area (Å²) in [6.45, 7) is 1.51. The van der Waals surface area contributed by atoms with Crippen LogP contribution in [0.3, 0.4) is 0 Å². The first-order chi connectivity index (χ1) is 18.4. The molecule has 4 unspecified atom stereocenters. The predicted molar refractivity (Wildman–Crippen MR) is 140 cm³/mol. The number of amides is 1. The molecule has 38 heavy (non-hydrogen) atoms. The van der Waals surface area contributed by atoms with Crippen LogP contribution in [-0.2, 0) is 19.0 Å². The third kappa shape index (κ3) is 6.93. The van der Waals surface area contributed by atoms with Crippen LogP contribution in [0.4, 0.5) is 4.39 Å². The molecule has 1 amide bonds. The lowest BCUT2D eigenvalue weighted by Gasteiger charge is -2.42.